The maximum atomic E-state index is 15.5. The van der Waals surface area contributed by atoms with E-state index in [2.05, 4.69) is 0 Å². The lowest BCUT2D eigenvalue weighted by atomic mass is 9.49. The molecule has 2 aliphatic carbocycles. The molecule has 4 aromatic rings. The van der Waals surface area contributed by atoms with Crippen molar-refractivity contribution < 1.29 is 33.8 Å². The van der Waals surface area contributed by atoms with Crippen molar-refractivity contribution in [3.8, 4) is 17.2 Å². The number of anilines is 1. The number of phenolic OH excluding ortho intramolecular Hbond substituents is 1. The van der Waals surface area contributed by atoms with Crippen LogP contribution in [0.15, 0.2) is 109 Å². The molecule has 2 heterocycles. The third-order valence-corrected chi connectivity index (χ3v) is 11.5. The topological polar surface area (TPSA) is 113 Å². The maximum absolute atomic E-state index is 15.5. The molecule has 258 valence electrons. The number of allylic oxidation sites excluding steroid dienone is 2. The summed E-state index contributed by atoms with van der Waals surface area (Å²) in [5, 5.41) is 11.1. The normalized spacial score (nSPS) is 26.8. The molecule has 0 spiro atoms. The number of hydrogen-bond acceptors (Lipinski definition) is 7. The molecule has 1 N–H and O–H groups in total. The second-order valence-corrected chi connectivity index (χ2v) is 14.0. The Hall–Kier alpha value is -5.41. The molecule has 9 nitrogen and oxygen atoms in total. The Morgan fingerprint density at radius 3 is 2.12 bits per heavy atom. The number of benzene rings is 4. The largest absolute Gasteiger partial charge is 0.508 e. The molecule has 1 saturated carbocycles. The minimum Gasteiger partial charge on any atom is -0.508 e. The van der Waals surface area contributed by atoms with Crippen LogP contribution in [0.3, 0.4) is 0 Å². The highest BCUT2D eigenvalue weighted by atomic mass is 35.5. The molecular weight excluding hydrogens is 668 g/mol. The van der Waals surface area contributed by atoms with Gasteiger partial charge in [-0.3, -0.25) is 24.1 Å². The lowest BCUT2D eigenvalue weighted by molar-refractivity contribution is -0.141. The summed E-state index contributed by atoms with van der Waals surface area (Å²) in [4.78, 5) is 61.5. The highest BCUT2D eigenvalue weighted by Crippen LogP contribution is 2.66. The standard InChI is InChI=1S/C41H35ClN2O7/c1-50-32-19-27(45)20-33(51-2)35(32)36-28-16-17-29-34(39(48)43(37(29)46)22-23-10-5-3-6-11-23)30(28)21-31-38(47)44(26-15-9-14-25(42)18-26)40(49)41(31,36)24-12-7-4-8-13-24/h3-16,18-20,29-31,34,36,45H,17,21-22H2,1-2H3/t29-,30+,31-,34-,36+,41+/m0/s1. The molecule has 0 radical (unpaired) electrons. The van der Waals surface area contributed by atoms with Crippen molar-refractivity contribution in [1.29, 1.82) is 0 Å². The predicted octanol–water partition coefficient (Wildman–Crippen LogP) is 6.43. The third-order valence-electron chi connectivity index (χ3n) is 11.3. The summed E-state index contributed by atoms with van der Waals surface area (Å²) in [5.41, 5.74) is 1.48. The molecule has 3 fully saturated rings. The summed E-state index contributed by atoms with van der Waals surface area (Å²) in [7, 11) is 2.94. The maximum Gasteiger partial charge on any atom is 0.246 e. The lowest BCUT2D eigenvalue weighted by Crippen LogP contribution is -2.53. The number of rotatable bonds is 7. The zero-order valence-corrected chi connectivity index (χ0v) is 28.7. The van der Waals surface area contributed by atoms with Gasteiger partial charge in [0, 0.05) is 28.6 Å². The first-order valence-corrected chi connectivity index (χ1v) is 17.3. The number of imide groups is 2. The van der Waals surface area contributed by atoms with Crippen LogP contribution in [0.4, 0.5) is 5.69 Å². The molecule has 4 aromatic carbocycles. The molecule has 4 amide bonds. The molecule has 0 aromatic heterocycles. The van der Waals surface area contributed by atoms with Crippen LogP contribution in [-0.2, 0) is 31.1 Å². The molecular formula is C41H35ClN2O7. The Bertz CT molecular complexity index is 2090. The number of likely N-dealkylation sites (tertiary alicyclic amines) is 1. The molecule has 10 heteroatoms. The molecule has 0 bridgehead atoms. The fourth-order valence-electron chi connectivity index (χ4n) is 9.25. The van der Waals surface area contributed by atoms with Crippen molar-refractivity contribution in [3.63, 3.8) is 0 Å². The van der Waals surface area contributed by atoms with Crippen LogP contribution < -0.4 is 14.4 Å². The van der Waals surface area contributed by atoms with Crippen molar-refractivity contribution in [2.24, 2.45) is 23.7 Å². The summed E-state index contributed by atoms with van der Waals surface area (Å²) in [6.45, 7) is 0.147. The summed E-state index contributed by atoms with van der Waals surface area (Å²) in [5.74, 6) is -4.74. The van der Waals surface area contributed by atoms with E-state index in [0.717, 1.165) is 11.1 Å². The third kappa shape index (κ3) is 4.82. The first-order chi connectivity index (χ1) is 24.7. The predicted molar refractivity (Wildman–Crippen MR) is 189 cm³/mol. The molecule has 2 aliphatic heterocycles. The van der Waals surface area contributed by atoms with E-state index < -0.39 is 46.8 Å². The minimum atomic E-state index is -1.53. The van der Waals surface area contributed by atoms with E-state index in [-0.39, 0.29) is 48.4 Å². The summed E-state index contributed by atoms with van der Waals surface area (Å²) >= 11 is 6.41. The Labute approximate surface area is 300 Å². The first kappa shape index (κ1) is 32.8. The summed E-state index contributed by atoms with van der Waals surface area (Å²) < 4.78 is 11.8. The lowest BCUT2D eigenvalue weighted by Gasteiger charge is -2.51. The van der Waals surface area contributed by atoms with Gasteiger partial charge >= 0.3 is 0 Å². The minimum absolute atomic E-state index is 0.106. The van der Waals surface area contributed by atoms with Gasteiger partial charge in [0.1, 0.15) is 17.2 Å². The van der Waals surface area contributed by atoms with E-state index in [9.17, 15) is 19.5 Å². The van der Waals surface area contributed by atoms with E-state index in [1.54, 1.807) is 24.3 Å². The molecule has 6 atom stereocenters. The second kappa shape index (κ2) is 12.4. The Balaban J connectivity index is 1.38. The number of nitrogens with zero attached hydrogens (tertiary/aromatic N) is 2. The number of ether oxygens (including phenoxy) is 2. The van der Waals surface area contributed by atoms with E-state index in [1.807, 2.05) is 66.7 Å². The van der Waals surface area contributed by atoms with Gasteiger partial charge in [0.25, 0.3) is 0 Å². The smallest absolute Gasteiger partial charge is 0.246 e. The van der Waals surface area contributed by atoms with Crippen molar-refractivity contribution in [2.75, 3.05) is 19.1 Å². The zero-order chi connectivity index (χ0) is 35.6. The van der Waals surface area contributed by atoms with Crippen LogP contribution in [0, 0.1) is 23.7 Å². The highest BCUT2D eigenvalue weighted by Gasteiger charge is 2.71. The quantitative estimate of drug-likeness (QED) is 0.175. The average Bonchev–Trinajstić information content (AvgIpc) is 3.52. The van der Waals surface area contributed by atoms with Gasteiger partial charge in [-0.25, -0.2) is 4.90 Å². The van der Waals surface area contributed by atoms with Gasteiger partial charge in [-0.05, 0) is 48.1 Å². The van der Waals surface area contributed by atoms with Crippen LogP contribution in [0.5, 0.6) is 17.2 Å². The number of carbonyl (C=O) groups is 4. The first-order valence-electron chi connectivity index (χ1n) is 16.9. The summed E-state index contributed by atoms with van der Waals surface area (Å²) in [6, 6.07) is 28.2. The second-order valence-electron chi connectivity index (χ2n) is 13.6. The van der Waals surface area contributed by atoms with Crippen molar-refractivity contribution >= 4 is 40.9 Å². The molecule has 8 rings (SSSR count). The average molecular weight is 703 g/mol. The van der Waals surface area contributed by atoms with Crippen LogP contribution in [0.2, 0.25) is 5.02 Å². The number of aromatic hydroxyl groups is 1. The number of methoxy groups -OCH3 is 2. The van der Waals surface area contributed by atoms with Gasteiger partial charge in [0.05, 0.1) is 49.6 Å². The number of fused-ring (bicyclic) bond motifs is 4. The van der Waals surface area contributed by atoms with Gasteiger partial charge in [0.15, 0.2) is 0 Å². The zero-order valence-electron chi connectivity index (χ0n) is 28.0. The van der Waals surface area contributed by atoms with Gasteiger partial charge < -0.3 is 14.6 Å². The number of halogens is 1. The van der Waals surface area contributed by atoms with Crippen molar-refractivity contribution in [2.45, 2.75) is 30.7 Å². The van der Waals surface area contributed by atoms with Gasteiger partial charge in [-0.2, -0.15) is 0 Å². The molecule has 2 saturated heterocycles. The van der Waals surface area contributed by atoms with Gasteiger partial charge in [-0.15, -0.1) is 0 Å². The molecule has 51 heavy (non-hydrogen) atoms. The summed E-state index contributed by atoms with van der Waals surface area (Å²) in [6.07, 6.45) is 2.42. The van der Waals surface area contributed by atoms with E-state index in [1.165, 1.54) is 36.2 Å². The van der Waals surface area contributed by atoms with E-state index in [4.69, 9.17) is 21.1 Å². The monoisotopic (exact) mass is 702 g/mol. The van der Waals surface area contributed by atoms with E-state index >= 15 is 4.79 Å². The van der Waals surface area contributed by atoms with E-state index in [0.29, 0.717) is 21.8 Å². The molecule has 4 aliphatic rings. The highest BCUT2D eigenvalue weighted by molar-refractivity contribution is 6.32. The SMILES string of the molecule is COc1cc(O)cc(OC)c1[C@H]1C2=CC[C@@H]3C(=O)N(Cc4ccccc4)C(=O)[C@@H]3[C@@H]2C[C@H]2C(=O)N(c3cccc(Cl)c3)C(=O)[C@@]12c1ccccc1. The molecule has 0 unspecified atom stereocenters. The van der Waals surface area contributed by atoms with Gasteiger partial charge in [0.2, 0.25) is 23.6 Å². The van der Waals surface area contributed by atoms with Gasteiger partial charge in [-0.1, -0.05) is 90.0 Å². The van der Waals surface area contributed by atoms with Crippen LogP contribution in [-0.4, -0.2) is 47.9 Å². The number of amides is 4. The Kier molecular flexibility index (Phi) is 7.98. The van der Waals surface area contributed by atoms with Crippen LogP contribution >= 0.6 is 11.6 Å². The fourth-order valence-corrected chi connectivity index (χ4v) is 9.44. The fraction of sp³-hybridized carbons (Fsp3) is 0.268. The number of hydrogen-bond donors (Lipinski definition) is 1. The van der Waals surface area contributed by atoms with Crippen LogP contribution in [0.1, 0.15) is 35.4 Å². The number of phenols is 1. The number of carbonyl (C=O) groups excluding carboxylic acids is 4. The Morgan fingerprint density at radius 2 is 1.47 bits per heavy atom. The Morgan fingerprint density at radius 1 is 0.804 bits per heavy atom. The van der Waals surface area contributed by atoms with Crippen molar-refractivity contribution in [3.05, 3.63) is 130 Å². The van der Waals surface area contributed by atoms with Crippen molar-refractivity contribution in [1.82, 2.24) is 4.90 Å². The van der Waals surface area contributed by atoms with Crippen LogP contribution in [0.25, 0.3) is 0 Å².